The van der Waals surface area contributed by atoms with Gasteiger partial charge in [-0.2, -0.15) is 13.2 Å². The molecule has 2 aromatic carbocycles. The summed E-state index contributed by atoms with van der Waals surface area (Å²) < 4.78 is 63.3. The van der Waals surface area contributed by atoms with Crippen molar-refractivity contribution < 1.29 is 26.8 Å². The highest BCUT2D eigenvalue weighted by molar-refractivity contribution is 5.49. The van der Waals surface area contributed by atoms with Crippen LogP contribution in [0.4, 0.5) is 23.2 Å². The normalized spacial score (nSPS) is 11.4. The van der Waals surface area contributed by atoms with Crippen LogP contribution in [0.15, 0.2) is 53.2 Å². The first-order chi connectivity index (χ1) is 12.3. The monoisotopic (exact) mass is 366 g/mol. The second-order valence-electron chi connectivity index (χ2n) is 5.50. The second-order valence-corrected chi connectivity index (χ2v) is 5.50. The number of hydrogen-bond acceptors (Lipinski definition) is 4. The van der Waals surface area contributed by atoms with Crippen LogP contribution in [-0.2, 0) is 12.7 Å². The first kappa shape index (κ1) is 17.8. The van der Waals surface area contributed by atoms with Crippen LogP contribution in [0.2, 0.25) is 0 Å². The molecule has 0 unspecified atom stereocenters. The van der Waals surface area contributed by atoms with Gasteiger partial charge in [0, 0.05) is 23.9 Å². The van der Waals surface area contributed by atoms with Crippen molar-refractivity contribution in [3.05, 3.63) is 71.4 Å². The molecular formula is C18H14F4N2O2. The minimum atomic E-state index is -4.59. The number of nitrogens with one attached hydrogen (secondary N) is 1. The van der Waals surface area contributed by atoms with Gasteiger partial charge in [0.2, 0.25) is 0 Å². The van der Waals surface area contributed by atoms with Crippen LogP contribution in [0.1, 0.15) is 16.9 Å². The average molecular weight is 366 g/mol. The number of halogens is 4. The van der Waals surface area contributed by atoms with E-state index in [-0.39, 0.29) is 5.75 Å². The van der Waals surface area contributed by atoms with Crippen LogP contribution in [0, 0.1) is 12.7 Å². The van der Waals surface area contributed by atoms with E-state index >= 15 is 0 Å². The lowest BCUT2D eigenvalue weighted by Gasteiger charge is -2.14. The lowest BCUT2D eigenvalue weighted by atomic mass is 10.2. The Balaban J connectivity index is 1.76. The lowest BCUT2D eigenvalue weighted by molar-refractivity contribution is -0.138. The summed E-state index contributed by atoms with van der Waals surface area (Å²) >= 11 is 0. The molecule has 0 aliphatic heterocycles. The molecular weight excluding hydrogens is 352 g/mol. The number of ether oxygens (including phenoxy) is 1. The molecule has 0 atom stereocenters. The van der Waals surface area contributed by atoms with Crippen LogP contribution in [0.5, 0.6) is 11.5 Å². The van der Waals surface area contributed by atoms with E-state index in [1.165, 1.54) is 24.3 Å². The predicted molar refractivity (Wildman–Crippen MR) is 86.5 cm³/mol. The summed E-state index contributed by atoms with van der Waals surface area (Å²) in [5.41, 5.74) is 0.286. The first-order valence-electron chi connectivity index (χ1n) is 7.62. The molecule has 3 rings (SSSR count). The van der Waals surface area contributed by atoms with Crippen molar-refractivity contribution >= 4 is 5.69 Å². The molecule has 0 spiro atoms. The van der Waals surface area contributed by atoms with E-state index < -0.39 is 23.3 Å². The van der Waals surface area contributed by atoms with Crippen LogP contribution >= 0.6 is 0 Å². The Hall–Kier alpha value is -3.03. The minimum absolute atomic E-state index is 0.298. The maximum atomic E-state index is 14.2. The molecule has 0 fully saturated rings. The van der Waals surface area contributed by atoms with Crippen LogP contribution < -0.4 is 10.1 Å². The fraction of sp³-hybridized carbons (Fsp3) is 0.167. The third-order valence-corrected chi connectivity index (χ3v) is 3.68. The summed E-state index contributed by atoms with van der Waals surface area (Å²) in [4.78, 5) is 0. The third kappa shape index (κ3) is 3.96. The SMILES string of the molecule is Cc1oncc1CNc1ccc(Oc2ccccc2C(F)(F)F)c(F)c1. The Kier molecular flexibility index (Phi) is 4.83. The molecule has 26 heavy (non-hydrogen) atoms. The van der Waals surface area contributed by atoms with Gasteiger partial charge in [-0.3, -0.25) is 0 Å². The topological polar surface area (TPSA) is 47.3 Å². The van der Waals surface area contributed by atoms with Gasteiger partial charge in [0.25, 0.3) is 0 Å². The first-order valence-corrected chi connectivity index (χ1v) is 7.62. The van der Waals surface area contributed by atoms with E-state index in [2.05, 4.69) is 10.5 Å². The number of anilines is 1. The smallest absolute Gasteiger partial charge is 0.419 e. The number of aryl methyl sites for hydroxylation is 1. The molecule has 0 radical (unpaired) electrons. The Bertz CT molecular complexity index is 906. The van der Waals surface area contributed by atoms with Gasteiger partial charge in [-0.05, 0) is 31.2 Å². The van der Waals surface area contributed by atoms with Gasteiger partial charge < -0.3 is 14.6 Å². The number of para-hydroxylation sites is 1. The highest BCUT2D eigenvalue weighted by Crippen LogP contribution is 2.38. The lowest BCUT2D eigenvalue weighted by Crippen LogP contribution is -2.07. The van der Waals surface area contributed by atoms with Crippen molar-refractivity contribution in [2.45, 2.75) is 19.6 Å². The van der Waals surface area contributed by atoms with Gasteiger partial charge in [0.05, 0.1) is 11.8 Å². The second kappa shape index (κ2) is 7.07. The Labute approximate surface area is 146 Å². The van der Waals surface area contributed by atoms with Crippen LogP contribution in [0.3, 0.4) is 0 Å². The largest absolute Gasteiger partial charge is 0.454 e. The fourth-order valence-electron chi connectivity index (χ4n) is 2.29. The van der Waals surface area contributed by atoms with Gasteiger partial charge in [0.15, 0.2) is 11.6 Å². The van der Waals surface area contributed by atoms with Crippen molar-refractivity contribution in [2.75, 3.05) is 5.32 Å². The van der Waals surface area contributed by atoms with E-state index in [1.807, 2.05) is 0 Å². The van der Waals surface area contributed by atoms with E-state index in [4.69, 9.17) is 9.26 Å². The van der Waals surface area contributed by atoms with Crippen molar-refractivity contribution in [3.63, 3.8) is 0 Å². The standard InChI is InChI=1S/C18H14F4N2O2/c1-11-12(10-24-26-11)9-23-13-6-7-17(15(19)8-13)25-16-5-3-2-4-14(16)18(20,21)22/h2-8,10,23H,9H2,1H3. The quantitative estimate of drug-likeness (QED) is 0.602. The molecule has 0 amide bonds. The Morgan fingerprint density at radius 1 is 1.12 bits per heavy atom. The third-order valence-electron chi connectivity index (χ3n) is 3.68. The predicted octanol–water partition coefficient (Wildman–Crippen LogP) is 5.55. The molecule has 4 nitrogen and oxygen atoms in total. The van der Waals surface area contributed by atoms with Crippen molar-refractivity contribution in [3.8, 4) is 11.5 Å². The minimum Gasteiger partial charge on any atom is -0.454 e. The number of nitrogens with zero attached hydrogens (tertiary/aromatic N) is 1. The summed E-state index contributed by atoms with van der Waals surface area (Å²) in [7, 11) is 0. The van der Waals surface area contributed by atoms with Crippen LogP contribution in [0.25, 0.3) is 0 Å². The molecule has 0 aliphatic rings. The van der Waals surface area contributed by atoms with Gasteiger partial charge in [0.1, 0.15) is 11.5 Å². The van der Waals surface area contributed by atoms with E-state index in [1.54, 1.807) is 13.1 Å². The number of alkyl halides is 3. The molecule has 0 saturated heterocycles. The number of aromatic nitrogens is 1. The molecule has 0 saturated carbocycles. The molecule has 1 heterocycles. The van der Waals surface area contributed by atoms with Crippen molar-refractivity contribution in [2.24, 2.45) is 0 Å². The summed E-state index contributed by atoms with van der Waals surface area (Å²) in [6, 6.07) is 8.58. The van der Waals surface area contributed by atoms with E-state index in [9.17, 15) is 17.6 Å². The van der Waals surface area contributed by atoms with Crippen molar-refractivity contribution in [1.82, 2.24) is 5.16 Å². The zero-order valence-electron chi connectivity index (χ0n) is 13.6. The highest BCUT2D eigenvalue weighted by atomic mass is 19.4. The average Bonchev–Trinajstić information content (AvgIpc) is 3.00. The summed E-state index contributed by atoms with van der Waals surface area (Å²) in [5.74, 6) is -0.899. The molecule has 3 aromatic rings. The van der Waals surface area contributed by atoms with Gasteiger partial charge in [-0.1, -0.05) is 17.3 Å². The fourth-order valence-corrected chi connectivity index (χ4v) is 2.29. The summed E-state index contributed by atoms with van der Waals surface area (Å²) in [6.07, 6.45) is -3.05. The Morgan fingerprint density at radius 3 is 2.54 bits per heavy atom. The molecule has 136 valence electrons. The molecule has 0 bridgehead atoms. The number of hydrogen-bond donors (Lipinski definition) is 1. The van der Waals surface area contributed by atoms with E-state index in [0.717, 1.165) is 23.8 Å². The Morgan fingerprint density at radius 2 is 1.88 bits per heavy atom. The molecule has 1 N–H and O–H groups in total. The maximum absolute atomic E-state index is 14.2. The number of rotatable bonds is 5. The summed E-state index contributed by atoms with van der Waals surface area (Å²) in [5, 5.41) is 6.62. The van der Waals surface area contributed by atoms with Gasteiger partial charge >= 0.3 is 6.18 Å². The highest BCUT2D eigenvalue weighted by Gasteiger charge is 2.34. The van der Waals surface area contributed by atoms with E-state index in [0.29, 0.717) is 18.0 Å². The number of benzene rings is 2. The zero-order chi connectivity index (χ0) is 18.7. The van der Waals surface area contributed by atoms with Crippen LogP contribution in [-0.4, -0.2) is 5.16 Å². The van der Waals surface area contributed by atoms with Crippen molar-refractivity contribution in [1.29, 1.82) is 0 Å². The maximum Gasteiger partial charge on any atom is 0.419 e. The summed E-state index contributed by atoms with van der Waals surface area (Å²) in [6.45, 7) is 2.12. The molecule has 1 aromatic heterocycles. The zero-order valence-corrected chi connectivity index (χ0v) is 13.6. The van der Waals surface area contributed by atoms with Gasteiger partial charge in [-0.25, -0.2) is 4.39 Å². The van der Waals surface area contributed by atoms with Gasteiger partial charge in [-0.15, -0.1) is 0 Å². The molecule has 8 heteroatoms. The molecule has 0 aliphatic carbocycles.